The molecule has 9 heteroatoms. The third-order valence-electron chi connectivity index (χ3n) is 5.78. The van der Waals surface area contributed by atoms with Crippen molar-refractivity contribution in [2.45, 2.75) is 58.2 Å². The highest BCUT2D eigenvalue weighted by Crippen LogP contribution is 2.30. The van der Waals surface area contributed by atoms with Crippen LogP contribution in [0, 0.1) is 5.82 Å². The number of hydrogen-bond donors (Lipinski definition) is 2. The summed E-state index contributed by atoms with van der Waals surface area (Å²) in [6.45, 7) is 6.21. The highest BCUT2D eigenvalue weighted by Gasteiger charge is 2.30. The summed E-state index contributed by atoms with van der Waals surface area (Å²) < 4.78 is 51.5. The maximum Gasteiger partial charge on any atom is 0.277 e. The number of aryl methyl sites for hydroxylation is 1. The zero-order valence-corrected chi connectivity index (χ0v) is 19.8. The summed E-state index contributed by atoms with van der Waals surface area (Å²) in [7, 11) is -3.64. The van der Waals surface area contributed by atoms with Gasteiger partial charge in [-0.15, -0.1) is 0 Å². The zero-order valence-electron chi connectivity index (χ0n) is 19.0. The second kappa shape index (κ2) is 9.24. The van der Waals surface area contributed by atoms with Crippen LogP contribution in [0.4, 0.5) is 4.39 Å². The van der Waals surface area contributed by atoms with Gasteiger partial charge in [-0.1, -0.05) is 24.6 Å². The molecule has 4 rings (SSSR count). The van der Waals surface area contributed by atoms with Crippen molar-refractivity contribution in [1.82, 2.24) is 19.2 Å². The smallest absolute Gasteiger partial charge is 0.277 e. The normalized spacial score (nSPS) is 14.8. The third kappa shape index (κ3) is 5.61. The van der Waals surface area contributed by atoms with E-state index in [4.69, 9.17) is 4.74 Å². The van der Waals surface area contributed by atoms with Crippen molar-refractivity contribution in [1.29, 1.82) is 0 Å². The number of nitrogens with one attached hydrogen (secondary N) is 2. The Morgan fingerprint density at radius 3 is 2.52 bits per heavy atom. The van der Waals surface area contributed by atoms with Crippen molar-refractivity contribution < 1.29 is 17.5 Å². The molecule has 3 aromatic rings. The van der Waals surface area contributed by atoms with Crippen molar-refractivity contribution in [3.63, 3.8) is 0 Å². The van der Waals surface area contributed by atoms with Crippen LogP contribution in [0.1, 0.15) is 45.6 Å². The molecule has 1 fully saturated rings. The third-order valence-corrected chi connectivity index (χ3v) is 7.20. The summed E-state index contributed by atoms with van der Waals surface area (Å²) >= 11 is 0. The molecule has 33 heavy (non-hydrogen) atoms. The van der Waals surface area contributed by atoms with Crippen LogP contribution >= 0.6 is 0 Å². The Kier molecular flexibility index (Phi) is 6.56. The summed E-state index contributed by atoms with van der Waals surface area (Å²) in [5.74, 6) is 0.722. The van der Waals surface area contributed by atoms with Gasteiger partial charge < -0.3 is 4.74 Å². The summed E-state index contributed by atoms with van der Waals surface area (Å²) in [6, 6.07) is 15.3. The monoisotopic (exact) mass is 472 g/mol. The molecule has 0 bridgehead atoms. The van der Waals surface area contributed by atoms with E-state index in [9.17, 15) is 12.8 Å². The lowest BCUT2D eigenvalue weighted by molar-refractivity contribution is 0.374. The van der Waals surface area contributed by atoms with Crippen LogP contribution in [-0.2, 0) is 22.3 Å². The topological polar surface area (TPSA) is 85.2 Å². The summed E-state index contributed by atoms with van der Waals surface area (Å²) in [5, 5.41) is 4.64. The van der Waals surface area contributed by atoms with E-state index >= 15 is 0 Å². The predicted octanol–water partition coefficient (Wildman–Crippen LogP) is 4.71. The van der Waals surface area contributed by atoms with E-state index in [0.29, 0.717) is 23.9 Å². The Morgan fingerprint density at radius 1 is 1.15 bits per heavy atom. The molecule has 1 aliphatic rings. The van der Waals surface area contributed by atoms with Gasteiger partial charge in [0.1, 0.15) is 11.6 Å². The van der Waals surface area contributed by atoms with E-state index in [1.807, 2.05) is 51.1 Å². The quantitative estimate of drug-likeness (QED) is 0.472. The fourth-order valence-electron chi connectivity index (χ4n) is 3.71. The van der Waals surface area contributed by atoms with E-state index in [1.165, 1.54) is 12.1 Å². The van der Waals surface area contributed by atoms with Gasteiger partial charge in [-0.3, -0.25) is 0 Å². The Labute approximate surface area is 194 Å². The minimum absolute atomic E-state index is 0.0159. The molecule has 176 valence electrons. The molecule has 0 spiro atoms. The predicted molar refractivity (Wildman–Crippen MR) is 126 cm³/mol. The van der Waals surface area contributed by atoms with E-state index in [0.717, 1.165) is 30.4 Å². The number of nitrogens with zero attached hydrogens (tertiary/aromatic N) is 2. The molecule has 0 saturated heterocycles. The Balaban J connectivity index is 1.56. The molecular weight excluding hydrogens is 443 g/mol. The van der Waals surface area contributed by atoms with Crippen LogP contribution in [-0.4, -0.2) is 24.2 Å². The molecule has 2 aromatic carbocycles. The first-order valence-corrected chi connectivity index (χ1v) is 12.6. The van der Waals surface area contributed by atoms with Crippen LogP contribution in [0.3, 0.4) is 0 Å². The van der Waals surface area contributed by atoms with Crippen LogP contribution in [0.25, 0.3) is 11.3 Å². The Morgan fingerprint density at radius 2 is 1.88 bits per heavy atom. The summed E-state index contributed by atoms with van der Waals surface area (Å²) in [5.41, 5.74) is 1.52. The second-order valence-corrected chi connectivity index (χ2v) is 10.2. The van der Waals surface area contributed by atoms with Crippen molar-refractivity contribution in [3.8, 4) is 22.9 Å². The van der Waals surface area contributed by atoms with Gasteiger partial charge in [0.2, 0.25) is 5.88 Å². The molecule has 1 heterocycles. The molecule has 0 radical (unpaired) electrons. The number of aromatic nitrogens is 2. The average molecular weight is 473 g/mol. The van der Waals surface area contributed by atoms with Gasteiger partial charge in [0.05, 0.1) is 11.2 Å². The molecule has 1 aromatic heterocycles. The lowest BCUT2D eigenvalue weighted by Crippen LogP contribution is -2.51. The maximum atomic E-state index is 13.2. The Hall–Kier alpha value is -2.75. The molecule has 2 N–H and O–H groups in total. The van der Waals surface area contributed by atoms with E-state index < -0.39 is 15.7 Å². The lowest BCUT2D eigenvalue weighted by atomic mass is 9.93. The lowest BCUT2D eigenvalue weighted by Gasteiger charge is -2.31. The molecule has 7 nitrogen and oxygen atoms in total. The first kappa shape index (κ1) is 23.4. The minimum atomic E-state index is -3.64. The standard InChI is InChI=1S/C24H29FN4O3S/c1-4-29-23(32-21-13-11-19(25)12-14-21)16-22(26-29)17-7-5-8-18(15-17)24(2,3)28-33(30,31)27-20-9-6-10-20/h5,7-8,11-16,20,27-28H,4,6,9-10H2,1-3H3. The molecule has 0 atom stereocenters. The molecular formula is C24H29FN4O3S. The SMILES string of the molecule is CCn1nc(-c2cccc(C(C)(C)NS(=O)(=O)NC3CCC3)c2)cc1Oc1ccc(F)cc1. The zero-order chi connectivity index (χ0) is 23.6. The van der Waals surface area contributed by atoms with Crippen LogP contribution < -0.4 is 14.2 Å². The maximum absolute atomic E-state index is 13.2. The van der Waals surface area contributed by atoms with Gasteiger partial charge in [0.25, 0.3) is 10.2 Å². The molecule has 1 saturated carbocycles. The number of hydrogen-bond acceptors (Lipinski definition) is 4. The fourth-order valence-corrected chi connectivity index (χ4v) is 5.23. The van der Waals surface area contributed by atoms with Crippen LogP contribution in [0.5, 0.6) is 11.6 Å². The Bertz CT molecular complexity index is 1220. The fraction of sp³-hybridized carbons (Fsp3) is 0.375. The van der Waals surface area contributed by atoms with Gasteiger partial charge in [-0.25, -0.2) is 9.07 Å². The molecule has 0 amide bonds. The van der Waals surface area contributed by atoms with E-state index in [1.54, 1.807) is 16.8 Å². The van der Waals surface area contributed by atoms with Gasteiger partial charge in [0.15, 0.2) is 0 Å². The van der Waals surface area contributed by atoms with Crippen molar-refractivity contribution in [2.24, 2.45) is 0 Å². The molecule has 1 aliphatic carbocycles. The number of halogens is 1. The summed E-state index contributed by atoms with van der Waals surface area (Å²) in [4.78, 5) is 0. The largest absolute Gasteiger partial charge is 0.439 e. The molecule has 0 aliphatic heterocycles. The highest BCUT2D eigenvalue weighted by molar-refractivity contribution is 7.87. The first-order chi connectivity index (χ1) is 15.6. The van der Waals surface area contributed by atoms with Crippen molar-refractivity contribution in [3.05, 3.63) is 66.0 Å². The summed E-state index contributed by atoms with van der Waals surface area (Å²) in [6.07, 6.45) is 2.80. The van der Waals surface area contributed by atoms with E-state index in [-0.39, 0.29) is 11.9 Å². The number of benzene rings is 2. The van der Waals surface area contributed by atoms with Gasteiger partial charge in [-0.2, -0.15) is 23.0 Å². The van der Waals surface area contributed by atoms with E-state index in [2.05, 4.69) is 14.5 Å². The van der Waals surface area contributed by atoms with Crippen LogP contribution in [0.15, 0.2) is 54.6 Å². The van der Waals surface area contributed by atoms with Crippen LogP contribution in [0.2, 0.25) is 0 Å². The van der Waals surface area contributed by atoms with Crippen molar-refractivity contribution in [2.75, 3.05) is 0 Å². The second-order valence-electron chi connectivity index (χ2n) is 8.80. The van der Waals surface area contributed by atoms with Gasteiger partial charge >= 0.3 is 0 Å². The highest BCUT2D eigenvalue weighted by atomic mass is 32.2. The van der Waals surface area contributed by atoms with Crippen molar-refractivity contribution >= 4 is 10.2 Å². The molecule has 0 unspecified atom stereocenters. The number of ether oxygens (including phenoxy) is 1. The van der Waals surface area contributed by atoms with Gasteiger partial charge in [0, 0.05) is 24.2 Å². The van der Waals surface area contributed by atoms with Gasteiger partial charge in [-0.05, 0) is 69.5 Å². The minimum Gasteiger partial charge on any atom is -0.439 e. The first-order valence-electron chi connectivity index (χ1n) is 11.1. The number of rotatable bonds is 9. The average Bonchev–Trinajstić information content (AvgIpc) is 3.15.